The molecular weight excluding hydrogens is 324 g/mol. The minimum Gasteiger partial charge on any atom is -0.465 e. The molecule has 2 rings (SSSR count). The van der Waals surface area contributed by atoms with E-state index in [1.807, 2.05) is 24.3 Å². The summed E-state index contributed by atoms with van der Waals surface area (Å²) < 4.78 is 15.2. The maximum atomic E-state index is 11.9. The van der Waals surface area contributed by atoms with E-state index in [2.05, 4.69) is 9.89 Å². The highest BCUT2D eigenvalue weighted by molar-refractivity contribution is 6.09. The van der Waals surface area contributed by atoms with Crippen molar-refractivity contribution in [3.8, 4) is 0 Å². The number of hydrogen-bond donors (Lipinski definition) is 0. The topological polar surface area (TPSA) is 77.4 Å². The van der Waals surface area contributed by atoms with Gasteiger partial charge in [0.05, 0.1) is 32.1 Å². The molecule has 0 radical (unpaired) electrons. The molecule has 1 aliphatic rings. The Hall–Kier alpha value is -2.41. The normalized spacial score (nSPS) is 14.8. The maximum absolute atomic E-state index is 11.9. The SMILES string of the molecule is CCOC(=O)C(C=Nc1ccc(N2CCOCC2)cc1)C(=O)OCC. The van der Waals surface area contributed by atoms with Crippen molar-refractivity contribution in [1.82, 2.24) is 0 Å². The lowest BCUT2D eigenvalue weighted by molar-refractivity contribution is -0.157. The third kappa shape index (κ3) is 5.56. The monoisotopic (exact) mass is 348 g/mol. The summed E-state index contributed by atoms with van der Waals surface area (Å²) in [6.07, 6.45) is 1.28. The molecule has 136 valence electrons. The van der Waals surface area contributed by atoms with Gasteiger partial charge in [0.15, 0.2) is 5.92 Å². The van der Waals surface area contributed by atoms with Crippen LogP contribution >= 0.6 is 0 Å². The molecule has 0 atom stereocenters. The van der Waals surface area contributed by atoms with Crippen molar-refractivity contribution in [2.24, 2.45) is 10.9 Å². The number of carbonyl (C=O) groups excluding carboxylic acids is 2. The second-order valence-corrected chi connectivity index (χ2v) is 5.38. The average molecular weight is 348 g/mol. The largest absolute Gasteiger partial charge is 0.465 e. The molecule has 0 saturated carbocycles. The van der Waals surface area contributed by atoms with Gasteiger partial charge in [-0.25, -0.2) is 0 Å². The molecule has 0 unspecified atom stereocenters. The third-order valence-corrected chi connectivity index (χ3v) is 3.68. The average Bonchev–Trinajstić information content (AvgIpc) is 2.63. The van der Waals surface area contributed by atoms with Gasteiger partial charge < -0.3 is 19.1 Å². The van der Waals surface area contributed by atoms with E-state index in [0.717, 1.165) is 32.0 Å². The first kappa shape index (κ1) is 18.9. The number of nitrogens with zero attached hydrogens (tertiary/aromatic N) is 2. The standard InChI is InChI=1S/C18H24N2O5/c1-3-24-17(21)16(18(22)25-4-2)13-19-14-5-7-15(8-6-14)20-9-11-23-12-10-20/h5-8,13,16H,3-4,9-12H2,1-2H3. The molecule has 0 aliphatic carbocycles. The molecule has 0 N–H and O–H groups in total. The first-order valence-electron chi connectivity index (χ1n) is 8.46. The fourth-order valence-corrected chi connectivity index (χ4v) is 2.41. The van der Waals surface area contributed by atoms with Gasteiger partial charge in [0.1, 0.15) is 0 Å². The maximum Gasteiger partial charge on any atom is 0.325 e. The predicted molar refractivity (Wildman–Crippen MR) is 94.4 cm³/mol. The highest BCUT2D eigenvalue weighted by Crippen LogP contribution is 2.21. The van der Waals surface area contributed by atoms with Crippen LogP contribution in [0.5, 0.6) is 0 Å². The van der Waals surface area contributed by atoms with Crippen molar-refractivity contribution in [3.63, 3.8) is 0 Å². The molecule has 0 amide bonds. The molecule has 7 nitrogen and oxygen atoms in total. The number of aliphatic imine (C=N–C) groups is 1. The number of hydrogen-bond acceptors (Lipinski definition) is 7. The van der Waals surface area contributed by atoms with Gasteiger partial charge in [-0.15, -0.1) is 0 Å². The minimum atomic E-state index is -1.15. The first-order valence-corrected chi connectivity index (χ1v) is 8.46. The predicted octanol–water partition coefficient (Wildman–Crippen LogP) is 1.97. The van der Waals surface area contributed by atoms with Crippen LogP contribution < -0.4 is 4.90 Å². The van der Waals surface area contributed by atoms with E-state index in [1.54, 1.807) is 13.8 Å². The van der Waals surface area contributed by atoms with Gasteiger partial charge in [-0.05, 0) is 38.1 Å². The van der Waals surface area contributed by atoms with Crippen LogP contribution in [0, 0.1) is 5.92 Å². The molecule has 1 fully saturated rings. The van der Waals surface area contributed by atoms with Gasteiger partial charge in [0.2, 0.25) is 0 Å². The molecule has 1 aliphatic heterocycles. The molecule has 1 saturated heterocycles. The molecule has 0 spiro atoms. The summed E-state index contributed by atoms with van der Waals surface area (Å²) in [7, 11) is 0. The number of ether oxygens (including phenoxy) is 3. The first-order chi connectivity index (χ1) is 12.2. The number of benzene rings is 1. The van der Waals surface area contributed by atoms with Gasteiger partial charge in [-0.3, -0.25) is 14.6 Å². The van der Waals surface area contributed by atoms with Gasteiger partial charge >= 0.3 is 11.9 Å². The zero-order chi connectivity index (χ0) is 18.1. The Morgan fingerprint density at radius 1 is 1.12 bits per heavy atom. The van der Waals surface area contributed by atoms with E-state index < -0.39 is 17.9 Å². The molecule has 0 aromatic heterocycles. The fourth-order valence-electron chi connectivity index (χ4n) is 2.41. The Balaban J connectivity index is 2.05. The van der Waals surface area contributed by atoms with E-state index >= 15 is 0 Å². The van der Waals surface area contributed by atoms with Crippen LogP contribution in [0.15, 0.2) is 29.3 Å². The van der Waals surface area contributed by atoms with Crippen molar-refractivity contribution < 1.29 is 23.8 Å². The summed E-state index contributed by atoms with van der Waals surface area (Å²) in [5, 5.41) is 0. The zero-order valence-electron chi connectivity index (χ0n) is 14.6. The molecule has 7 heteroatoms. The molecule has 25 heavy (non-hydrogen) atoms. The number of morpholine rings is 1. The highest BCUT2D eigenvalue weighted by Gasteiger charge is 2.27. The van der Waals surface area contributed by atoms with Gasteiger partial charge in [-0.2, -0.15) is 0 Å². The Morgan fingerprint density at radius 2 is 1.68 bits per heavy atom. The smallest absolute Gasteiger partial charge is 0.325 e. The second-order valence-electron chi connectivity index (χ2n) is 5.38. The van der Waals surface area contributed by atoms with E-state index in [1.165, 1.54) is 6.21 Å². The molecule has 0 bridgehead atoms. The zero-order valence-corrected chi connectivity index (χ0v) is 14.6. The van der Waals surface area contributed by atoms with Crippen LogP contribution in [-0.2, 0) is 23.8 Å². The molecule has 1 heterocycles. The molecule has 1 aromatic rings. The van der Waals surface area contributed by atoms with Crippen LogP contribution in [0.4, 0.5) is 11.4 Å². The quantitative estimate of drug-likeness (QED) is 0.426. The number of esters is 2. The number of carbonyl (C=O) groups is 2. The Labute approximate surface area is 147 Å². The van der Waals surface area contributed by atoms with E-state index in [4.69, 9.17) is 14.2 Å². The van der Waals surface area contributed by atoms with Crippen molar-refractivity contribution in [3.05, 3.63) is 24.3 Å². The Kier molecular flexibility index (Phi) is 7.40. The summed E-state index contributed by atoms with van der Waals surface area (Å²) >= 11 is 0. The lowest BCUT2D eigenvalue weighted by atomic mass is 10.1. The van der Waals surface area contributed by atoms with Crippen molar-refractivity contribution in [2.45, 2.75) is 13.8 Å². The number of anilines is 1. The van der Waals surface area contributed by atoms with E-state index in [9.17, 15) is 9.59 Å². The Bertz CT molecular complexity index is 576. The molecule has 1 aromatic carbocycles. The Morgan fingerprint density at radius 3 is 2.20 bits per heavy atom. The summed E-state index contributed by atoms with van der Waals surface area (Å²) in [6, 6.07) is 7.60. The third-order valence-electron chi connectivity index (χ3n) is 3.68. The van der Waals surface area contributed by atoms with Gasteiger partial charge in [-0.1, -0.05) is 0 Å². The van der Waals surface area contributed by atoms with Crippen molar-refractivity contribution >= 4 is 29.5 Å². The van der Waals surface area contributed by atoms with Crippen LogP contribution in [0.25, 0.3) is 0 Å². The van der Waals surface area contributed by atoms with E-state index in [-0.39, 0.29) is 13.2 Å². The van der Waals surface area contributed by atoms with Gasteiger partial charge in [0, 0.05) is 25.0 Å². The molecular formula is C18H24N2O5. The van der Waals surface area contributed by atoms with Crippen LogP contribution in [0.2, 0.25) is 0 Å². The van der Waals surface area contributed by atoms with Crippen molar-refractivity contribution in [1.29, 1.82) is 0 Å². The summed E-state index contributed by atoms with van der Waals surface area (Å²) in [5.74, 6) is -2.47. The lowest BCUT2D eigenvalue weighted by Gasteiger charge is -2.28. The second kappa shape index (κ2) is 9.78. The lowest BCUT2D eigenvalue weighted by Crippen LogP contribution is -2.36. The minimum absolute atomic E-state index is 0.191. The van der Waals surface area contributed by atoms with E-state index in [0.29, 0.717) is 5.69 Å². The summed E-state index contributed by atoms with van der Waals surface area (Å²) in [6.45, 7) is 6.91. The van der Waals surface area contributed by atoms with Gasteiger partial charge in [0.25, 0.3) is 0 Å². The van der Waals surface area contributed by atoms with Crippen molar-refractivity contribution in [2.75, 3.05) is 44.4 Å². The highest BCUT2D eigenvalue weighted by atomic mass is 16.6. The summed E-state index contributed by atoms with van der Waals surface area (Å²) in [4.78, 5) is 30.3. The van der Waals surface area contributed by atoms with Crippen LogP contribution in [0.1, 0.15) is 13.8 Å². The fraction of sp³-hybridized carbons (Fsp3) is 0.500. The number of rotatable bonds is 7. The van der Waals surface area contributed by atoms with Crippen LogP contribution in [-0.4, -0.2) is 57.7 Å². The van der Waals surface area contributed by atoms with Crippen LogP contribution in [0.3, 0.4) is 0 Å². The summed E-state index contributed by atoms with van der Waals surface area (Å²) in [5.41, 5.74) is 1.74.